The van der Waals surface area contributed by atoms with E-state index in [9.17, 15) is 14.7 Å². The molecule has 1 aromatic rings. The zero-order valence-electron chi connectivity index (χ0n) is 19.9. The van der Waals surface area contributed by atoms with Gasteiger partial charge in [-0.2, -0.15) is 0 Å². The molecule has 8 nitrogen and oxygen atoms in total. The third-order valence-corrected chi connectivity index (χ3v) is 5.90. The maximum absolute atomic E-state index is 12.5. The molecule has 0 bridgehead atoms. The molecule has 2 aliphatic heterocycles. The molecule has 1 N–H and O–H groups in total. The highest BCUT2D eigenvalue weighted by Crippen LogP contribution is 2.29. The Morgan fingerprint density at radius 2 is 1.94 bits per heavy atom. The lowest BCUT2D eigenvalue weighted by Gasteiger charge is -2.30. The minimum absolute atomic E-state index is 0.174. The Kier molecular flexibility index (Phi) is 7.88. The van der Waals surface area contributed by atoms with E-state index in [1.54, 1.807) is 4.90 Å². The standard InChI is InChI=1S/C25H34N2O6/c1-24(2,3)33-23(30)27-15-8-11-20(27)12-13-21(28)25(31-4)14-16-26(18-25)22(29)32-17-19-9-6-5-7-10-19/h5-7,9-10,20-21,28H,8,11,14-18H2,1-4H3/t20?,21-,25?/m0/s1. The van der Waals surface area contributed by atoms with Crippen molar-refractivity contribution in [2.24, 2.45) is 0 Å². The predicted octanol–water partition coefficient (Wildman–Crippen LogP) is 3.18. The number of amides is 2. The first-order chi connectivity index (χ1) is 15.6. The second-order valence-corrected chi connectivity index (χ2v) is 9.50. The Labute approximate surface area is 195 Å². The smallest absolute Gasteiger partial charge is 0.411 e. The molecular formula is C25H34N2O6. The number of carbonyl (C=O) groups excluding carboxylic acids is 2. The SMILES string of the molecule is COC1([C@@H](O)C#CC2CCCN2C(=O)OC(C)(C)C)CCN(C(=O)OCc2ccccc2)C1. The van der Waals surface area contributed by atoms with E-state index in [4.69, 9.17) is 14.2 Å². The Morgan fingerprint density at radius 3 is 2.61 bits per heavy atom. The molecule has 0 radical (unpaired) electrons. The summed E-state index contributed by atoms with van der Waals surface area (Å²) in [5.74, 6) is 5.91. The summed E-state index contributed by atoms with van der Waals surface area (Å²) in [4.78, 5) is 28.1. The van der Waals surface area contributed by atoms with E-state index in [1.807, 2.05) is 51.1 Å². The van der Waals surface area contributed by atoms with Gasteiger partial charge in [0.05, 0.1) is 12.6 Å². The molecule has 0 spiro atoms. The van der Waals surface area contributed by atoms with Crippen LogP contribution in [0.5, 0.6) is 0 Å². The van der Waals surface area contributed by atoms with Crippen LogP contribution in [-0.2, 0) is 20.8 Å². The van der Waals surface area contributed by atoms with E-state index in [1.165, 1.54) is 12.0 Å². The molecule has 2 amide bonds. The fraction of sp³-hybridized carbons (Fsp3) is 0.600. The van der Waals surface area contributed by atoms with Gasteiger partial charge in [-0.3, -0.25) is 4.90 Å². The quantitative estimate of drug-likeness (QED) is 0.698. The number of aliphatic hydroxyl groups is 1. The van der Waals surface area contributed by atoms with Crippen molar-refractivity contribution in [1.82, 2.24) is 9.80 Å². The summed E-state index contributed by atoms with van der Waals surface area (Å²) in [5, 5.41) is 10.9. The average Bonchev–Trinajstić information content (AvgIpc) is 3.43. The number of nitrogens with zero attached hydrogens (tertiary/aromatic N) is 2. The monoisotopic (exact) mass is 458 g/mol. The van der Waals surface area contributed by atoms with Crippen LogP contribution < -0.4 is 0 Å². The molecule has 0 aromatic heterocycles. The minimum Gasteiger partial charge on any atom is -0.445 e. The molecule has 3 rings (SSSR count). The van der Waals surface area contributed by atoms with Gasteiger partial charge in [0.1, 0.15) is 23.9 Å². The Morgan fingerprint density at radius 1 is 1.21 bits per heavy atom. The van der Waals surface area contributed by atoms with E-state index in [2.05, 4.69) is 11.8 Å². The van der Waals surface area contributed by atoms with Gasteiger partial charge in [0.2, 0.25) is 0 Å². The molecule has 0 aliphatic carbocycles. The van der Waals surface area contributed by atoms with Gasteiger partial charge >= 0.3 is 12.2 Å². The maximum Gasteiger partial charge on any atom is 0.411 e. The second-order valence-electron chi connectivity index (χ2n) is 9.50. The Hall–Kier alpha value is -2.76. The van der Waals surface area contributed by atoms with E-state index in [-0.39, 0.29) is 19.2 Å². The number of rotatable bonds is 4. The average molecular weight is 459 g/mol. The van der Waals surface area contributed by atoms with Gasteiger partial charge in [0.15, 0.2) is 0 Å². The summed E-state index contributed by atoms with van der Waals surface area (Å²) >= 11 is 0. The van der Waals surface area contributed by atoms with Crippen molar-refractivity contribution in [2.45, 2.75) is 70.0 Å². The predicted molar refractivity (Wildman–Crippen MR) is 122 cm³/mol. The van der Waals surface area contributed by atoms with Crippen molar-refractivity contribution in [3.05, 3.63) is 35.9 Å². The zero-order chi connectivity index (χ0) is 24.1. The molecule has 2 unspecified atom stereocenters. The molecule has 2 saturated heterocycles. The lowest BCUT2D eigenvalue weighted by Crippen LogP contribution is -2.47. The van der Waals surface area contributed by atoms with Crippen LogP contribution in [0.1, 0.15) is 45.6 Å². The van der Waals surface area contributed by atoms with Crippen LogP contribution in [0.15, 0.2) is 30.3 Å². The highest BCUT2D eigenvalue weighted by Gasteiger charge is 2.46. The normalized spacial score (nSPS) is 23.6. The first-order valence-corrected chi connectivity index (χ1v) is 11.3. The molecule has 180 valence electrons. The highest BCUT2D eigenvalue weighted by molar-refractivity contribution is 5.69. The van der Waals surface area contributed by atoms with Crippen molar-refractivity contribution in [3.63, 3.8) is 0 Å². The topological polar surface area (TPSA) is 88.5 Å². The number of likely N-dealkylation sites (tertiary alicyclic amines) is 2. The molecule has 0 saturated carbocycles. The van der Waals surface area contributed by atoms with Crippen molar-refractivity contribution in [2.75, 3.05) is 26.7 Å². The van der Waals surface area contributed by atoms with Gasteiger partial charge in [-0.25, -0.2) is 9.59 Å². The van der Waals surface area contributed by atoms with Crippen molar-refractivity contribution in [1.29, 1.82) is 0 Å². The number of hydrogen-bond donors (Lipinski definition) is 1. The molecule has 2 fully saturated rings. The van der Waals surface area contributed by atoms with Crippen LogP contribution >= 0.6 is 0 Å². The summed E-state index contributed by atoms with van der Waals surface area (Å²) < 4.78 is 16.5. The first-order valence-electron chi connectivity index (χ1n) is 11.3. The third kappa shape index (κ3) is 6.40. The van der Waals surface area contributed by atoms with Gasteiger partial charge < -0.3 is 24.2 Å². The van der Waals surface area contributed by atoms with Crippen LogP contribution in [0.25, 0.3) is 0 Å². The van der Waals surface area contributed by atoms with Crippen LogP contribution in [-0.4, -0.2) is 77.2 Å². The van der Waals surface area contributed by atoms with Crippen LogP contribution in [0.4, 0.5) is 9.59 Å². The fourth-order valence-corrected chi connectivity index (χ4v) is 4.04. The number of aliphatic hydroxyl groups excluding tert-OH is 1. The zero-order valence-corrected chi connectivity index (χ0v) is 19.9. The van der Waals surface area contributed by atoms with E-state index in [0.717, 1.165) is 18.4 Å². The molecule has 3 atom stereocenters. The largest absolute Gasteiger partial charge is 0.445 e. The number of ether oxygens (including phenoxy) is 3. The van der Waals surface area contributed by atoms with Crippen molar-refractivity contribution >= 4 is 12.2 Å². The van der Waals surface area contributed by atoms with Crippen molar-refractivity contribution < 1.29 is 28.9 Å². The van der Waals surface area contributed by atoms with Crippen LogP contribution in [0.2, 0.25) is 0 Å². The van der Waals surface area contributed by atoms with Crippen LogP contribution in [0, 0.1) is 11.8 Å². The molecule has 1 aromatic carbocycles. The number of carbonyl (C=O) groups is 2. The lowest BCUT2D eigenvalue weighted by molar-refractivity contribution is -0.0704. The summed E-state index contributed by atoms with van der Waals surface area (Å²) in [5.41, 5.74) is -0.687. The third-order valence-electron chi connectivity index (χ3n) is 5.90. The van der Waals surface area contributed by atoms with E-state index >= 15 is 0 Å². The highest BCUT2D eigenvalue weighted by atomic mass is 16.6. The Bertz CT molecular complexity index is 888. The molecular weight excluding hydrogens is 424 g/mol. The molecule has 2 aliphatic rings. The first kappa shape index (κ1) is 24.9. The lowest BCUT2D eigenvalue weighted by atomic mass is 9.95. The molecule has 33 heavy (non-hydrogen) atoms. The van der Waals surface area contributed by atoms with Gasteiger partial charge in [-0.1, -0.05) is 42.2 Å². The summed E-state index contributed by atoms with van der Waals surface area (Å²) in [6.45, 7) is 6.79. The number of benzene rings is 1. The Balaban J connectivity index is 1.59. The number of hydrogen-bond acceptors (Lipinski definition) is 6. The summed E-state index contributed by atoms with van der Waals surface area (Å²) in [6.07, 6.45) is 0.00574. The van der Waals surface area contributed by atoms with Gasteiger partial charge in [0.25, 0.3) is 0 Å². The second kappa shape index (κ2) is 10.4. The summed E-state index contributed by atoms with van der Waals surface area (Å²) in [7, 11) is 1.51. The minimum atomic E-state index is -1.12. The molecule has 2 heterocycles. The van der Waals surface area contributed by atoms with Crippen molar-refractivity contribution in [3.8, 4) is 11.8 Å². The van der Waals surface area contributed by atoms with Gasteiger partial charge in [-0.15, -0.1) is 0 Å². The maximum atomic E-state index is 12.5. The van der Waals surface area contributed by atoms with Gasteiger partial charge in [-0.05, 0) is 45.6 Å². The fourth-order valence-electron chi connectivity index (χ4n) is 4.04. The van der Waals surface area contributed by atoms with E-state index in [0.29, 0.717) is 19.5 Å². The van der Waals surface area contributed by atoms with E-state index < -0.39 is 29.5 Å². The molecule has 8 heteroatoms. The summed E-state index contributed by atoms with van der Waals surface area (Å²) in [6, 6.07) is 9.13. The van der Waals surface area contributed by atoms with Crippen LogP contribution in [0.3, 0.4) is 0 Å². The number of methoxy groups -OCH3 is 1. The van der Waals surface area contributed by atoms with Gasteiger partial charge in [0, 0.05) is 20.2 Å².